The van der Waals surface area contributed by atoms with Gasteiger partial charge in [0.05, 0.1) is 17.3 Å². The number of hydrogen-bond acceptors (Lipinski definition) is 7. The average Bonchev–Trinajstić information content (AvgIpc) is 3.49. The molecular formula is C54H79NO8. The van der Waals surface area contributed by atoms with Crippen molar-refractivity contribution >= 4 is 35.6 Å². The highest BCUT2D eigenvalue weighted by atomic mass is 16.5. The third kappa shape index (κ3) is 7.90. The van der Waals surface area contributed by atoms with Crippen molar-refractivity contribution in [3.63, 3.8) is 0 Å². The number of carboxylic acids is 2. The molecule has 0 saturated heterocycles. The number of nitrogens with one attached hydrogen (secondary N) is 1. The summed E-state index contributed by atoms with van der Waals surface area (Å²) in [6.45, 7) is 30.3. The summed E-state index contributed by atoms with van der Waals surface area (Å²) < 4.78 is 6.56. The minimum Gasteiger partial charge on any atom is -0.481 e. The van der Waals surface area contributed by atoms with E-state index in [0.717, 1.165) is 61.6 Å². The van der Waals surface area contributed by atoms with Crippen LogP contribution in [0, 0.1) is 67.0 Å². The Labute approximate surface area is 378 Å². The maximum atomic E-state index is 14.6. The van der Waals surface area contributed by atoms with E-state index in [9.17, 15) is 34.2 Å². The molecule has 4 fully saturated rings. The zero-order chi connectivity index (χ0) is 46.9. The fourth-order valence-corrected chi connectivity index (χ4v) is 14.9. The van der Waals surface area contributed by atoms with Crippen LogP contribution in [-0.2, 0) is 35.3 Å². The number of hydrogen-bond donors (Lipinski definition) is 3. The van der Waals surface area contributed by atoms with E-state index in [0.29, 0.717) is 31.8 Å². The van der Waals surface area contributed by atoms with Gasteiger partial charge in [-0.3, -0.25) is 24.0 Å². The third-order valence-corrected chi connectivity index (χ3v) is 19.3. The number of Topliss-reactive ketones (excluding diaryl/α,β-unsaturated/α-hetero) is 2. The summed E-state index contributed by atoms with van der Waals surface area (Å²) in [5.41, 5.74) is 0.701. The van der Waals surface area contributed by atoms with Crippen LogP contribution < -0.4 is 5.32 Å². The summed E-state index contributed by atoms with van der Waals surface area (Å²) in [5.74, 6) is -1.69. The summed E-state index contributed by atoms with van der Waals surface area (Å²) in [7, 11) is 0. The number of carbonyl (C=O) groups is 5. The molecule has 0 radical (unpaired) electrons. The van der Waals surface area contributed by atoms with Crippen LogP contribution in [0.5, 0.6) is 0 Å². The van der Waals surface area contributed by atoms with Gasteiger partial charge >= 0.3 is 17.9 Å². The average molecular weight is 870 g/mol. The Bertz CT molecular complexity index is 2040. The maximum absolute atomic E-state index is 14.6. The summed E-state index contributed by atoms with van der Waals surface area (Å²) in [6, 6.07) is 8.15. The van der Waals surface area contributed by atoms with Crippen LogP contribution >= 0.6 is 0 Å². The van der Waals surface area contributed by atoms with E-state index in [1.807, 2.05) is 18.2 Å². The molecule has 0 spiro atoms. The van der Waals surface area contributed by atoms with Crippen LogP contribution in [0.3, 0.4) is 0 Å². The highest BCUT2D eigenvalue weighted by Gasteiger charge is 2.75. The maximum Gasteiger partial charge on any atom is 0.309 e. The van der Waals surface area contributed by atoms with E-state index in [1.54, 1.807) is 27.7 Å². The molecule has 5 aliphatic rings. The molecule has 1 aromatic rings. The first-order valence-corrected chi connectivity index (χ1v) is 23.9. The minimum atomic E-state index is -1.31. The number of benzene rings is 1. The van der Waals surface area contributed by atoms with Crippen LogP contribution in [0.1, 0.15) is 171 Å². The molecule has 5 aliphatic carbocycles. The van der Waals surface area contributed by atoms with Crippen molar-refractivity contribution in [2.45, 2.75) is 173 Å². The van der Waals surface area contributed by atoms with E-state index < -0.39 is 40.3 Å². The highest BCUT2D eigenvalue weighted by molar-refractivity contribution is 6.01. The Hall–Kier alpha value is -3.59. The number of aliphatic carboxylic acids is 2. The lowest BCUT2D eigenvalue weighted by atomic mass is 9.27. The van der Waals surface area contributed by atoms with Crippen molar-refractivity contribution in [2.75, 3.05) is 6.54 Å². The highest BCUT2D eigenvalue weighted by Crippen LogP contribution is 2.81. The first-order valence-electron chi connectivity index (χ1n) is 23.9. The molecule has 0 heterocycles. The van der Waals surface area contributed by atoms with Crippen molar-refractivity contribution in [3.8, 4) is 0 Å². The van der Waals surface area contributed by atoms with Gasteiger partial charge in [0.2, 0.25) is 0 Å². The predicted octanol–water partition coefficient (Wildman–Crippen LogP) is 11.3. The van der Waals surface area contributed by atoms with Crippen molar-refractivity contribution in [1.82, 2.24) is 5.32 Å². The number of carboxylic acid groups (broad SMARTS) is 2. The lowest BCUT2D eigenvalue weighted by Gasteiger charge is -2.77. The van der Waals surface area contributed by atoms with Gasteiger partial charge in [-0.25, -0.2) is 0 Å². The smallest absolute Gasteiger partial charge is 0.309 e. The standard InChI is InChI=1S/C54H79NO8/c1-14-34-15-17-35(18-16-34)31-55-32-41(63-42(58)30-48(6,7)46(61)62)54-26-25-50(10)38(44(54)43(33(2)3)39(57)29-54)20-23-53(13)51(11)22-19-36(27-37(56)28-47(4,5)45(59)60)49(8,9)40(51)21-24-52(50,53)12/h14-18,33,36,38,40-41,55H,1,19-32H2,2-13H3,(H,59,60)(H,61,62). The summed E-state index contributed by atoms with van der Waals surface area (Å²) >= 11 is 0. The molecular weight excluding hydrogens is 791 g/mol. The fourth-order valence-electron chi connectivity index (χ4n) is 14.9. The molecule has 0 amide bonds. The number of fused-ring (bicyclic) bond motifs is 7. The van der Waals surface area contributed by atoms with Gasteiger partial charge < -0.3 is 20.3 Å². The molecule has 9 atom stereocenters. The van der Waals surface area contributed by atoms with Crippen molar-refractivity contribution < 1.29 is 38.9 Å². The minimum absolute atomic E-state index is 0.00451. The van der Waals surface area contributed by atoms with Crippen LogP contribution in [0.25, 0.3) is 6.08 Å². The molecule has 0 aromatic heterocycles. The third-order valence-electron chi connectivity index (χ3n) is 19.3. The Morgan fingerprint density at radius 3 is 2.00 bits per heavy atom. The molecule has 9 nitrogen and oxygen atoms in total. The molecule has 0 aliphatic heterocycles. The van der Waals surface area contributed by atoms with E-state index >= 15 is 0 Å². The Balaban J connectivity index is 1.35. The van der Waals surface area contributed by atoms with Gasteiger partial charge in [-0.15, -0.1) is 0 Å². The second-order valence-corrected chi connectivity index (χ2v) is 24.0. The molecule has 6 rings (SSSR count). The van der Waals surface area contributed by atoms with E-state index in [4.69, 9.17) is 4.74 Å². The first-order chi connectivity index (χ1) is 29.1. The molecule has 9 heteroatoms. The van der Waals surface area contributed by atoms with Crippen LogP contribution in [0.2, 0.25) is 0 Å². The second-order valence-electron chi connectivity index (χ2n) is 24.0. The largest absolute Gasteiger partial charge is 0.481 e. The van der Waals surface area contributed by atoms with Gasteiger partial charge in [-0.1, -0.05) is 92.3 Å². The van der Waals surface area contributed by atoms with E-state index in [-0.39, 0.29) is 75.7 Å². The monoisotopic (exact) mass is 870 g/mol. The number of ether oxygens (including phenoxy) is 1. The van der Waals surface area contributed by atoms with Gasteiger partial charge in [-0.2, -0.15) is 0 Å². The number of ketones is 2. The molecule has 4 saturated carbocycles. The number of rotatable bonds is 16. The van der Waals surface area contributed by atoms with Crippen molar-refractivity contribution in [1.29, 1.82) is 0 Å². The van der Waals surface area contributed by atoms with Crippen LogP contribution in [0.4, 0.5) is 0 Å². The fraction of sp³-hybridized carbons (Fsp3) is 0.722. The Kier molecular flexibility index (Phi) is 12.9. The van der Waals surface area contributed by atoms with Crippen LogP contribution in [-0.4, -0.2) is 52.3 Å². The lowest BCUT2D eigenvalue weighted by Crippen LogP contribution is -2.70. The number of carbonyl (C=O) groups excluding carboxylic acids is 3. The predicted molar refractivity (Wildman–Crippen MR) is 247 cm³/mol. The quantitative estimate of drug-likeness (QED) is 0.138. The number of allylic oxidation sites excluding steroid dienone is 1. The summed E-state index contributed by atoms with van der Waals surface area (Å²) in [5, 5.41) is 23.3. The van der Waals surface area contributed by atoms with Crippen molar-refractivity contribution in [2.24, 2.45) is 67.0 Å². The molecule has 0 bridgehead atoms. The zero-order valence-electron chi connectivity index (χ0n) is 40.7. The van der Waals surface area contributed by atoms with Crippen molar-refractivity contribution in [3.05, 3.63) is 53.1 Å². The Morgan fingerprint density at radius 2 is 1.41 bits per heavy atom. The van der Waals surface area contributed by atoms with Gasteiger partial charge in [0.15, 0.2) is 5.78 Å². The Morgan fingerprint density at radius 1 is 0.825 bits per heavy atom. The SMILES string of the molecule is C=Cc1ccc(CNCC(OC(=O)CC(C)(C)C(=O)O)C23CCC4(C)C(CCC5(C)C6(C)CCC(CC(=O)CC(C)(C)C(=O)O)C(C)(C)C6CCC45C)C2=C(C(C)C)C(=O)C3)cc1. The molecule has 348 valence electrons. The summed E-state index contributed by atoms with van der Waals surface area (Å²) in [4.78, 5) is 66.2. The topological polar surface area (TPSA) is 147 Å². The lowest BCUT2D eigenvalue weighted by molar-refractivity contribution is -0.273. The molecule has 1 aromatic carbocycles. The van der Waals surface area contributed by atoms with Gasteiger partial charge in [0.25, 0.3) is 0 Å². The van der Waals surface area contributed by atoms with E-state index in [1.165, 1.54) is 5.57 Å². The zero-order valence-corrected chi connectivity index (χ0v) is 40.7. The molecule has 9 unspecified atom stereocenters. The second kappa shape index (κ2) is 16.7. The summed E-state index contributed by atoms with van der Waals surface area (Å²) in [6.07, 6.45) is 9.14. The molecule has 63 heavy (non-hydrogen) atoms. The van der Waals surface area contributed by atoms with Gasteiger partial charge in [-0.05, 0) is 152 Å². The molecule has 3 N–H and O–H groups in total. The van der Waals surface area contributed by atoms with Gasteiger partial charge in [0.1, 0.15) is 11.9 Å². The van der Waals surface area contributed by atoms with E-state index in [2.05, 4.69) is 79.4 Å². The number of esters is 1. The van der Waals surface area contributed by atoms with Gasteiger partial charge in [0, 0.05) is 37.8 Å². The first kappa shape index (κ1) is 48.9. The normalized spacial score (nSPS) is 34.3. The van der Waals surface area contributed by atoms with Crippen LogP contribution in [0.15, 0.2) is 42.0 Å².